The minimum absolute atomic E-state index is 0.831. The van der Waals surface area contributed by atoms with Gasteiger partial charge in [-0.1, -0.05) is 30.3 Å². The summed E-state index contributed by atoms with van der Waals surface area (Å²) in [6, 6.07) is 11.9. The summed E-state index contributed by atoms with van der Waals surface area (Å²) in [4.78, 5) is 16.8. The number of pyridine rings is 1. The number of nitrogens with zero attached hydrogens (tertiary/aromatic N) is 2. The van der Waals surface area contributed by atoms with Crippen LogP contribution in [0.4, 0.5) is 0 Å². The van der Waals surface area contributed by atoms with E-state index in [0.717, 1.165) is 24.7 Å². The van der Waals surface area contributed by atoms with Gasteiger partial charge in [-0.15, -0.1) is 0 Å². The molecule has 1 heterocycles. The van der Waals surface area contributed by atoms with E-state index in [1.54, 1.807) is 12.3 Å². The predicted octanol–water partition coefficient (Wildman–Crippen LogP) is 2.81. The molecule has 2 rings (SSSR count). The van der Waals surface area contributed by atoms with Crippen LogP contribution in [0.5, 0.6) is 0 Å². The molecule has 0 saturated heterocycles. The molecule has 0 atom stereocenters. The lowest BCUT2D eigenvalue weighted by Gasteiger charge is -2.16. The topological polar surface area (TPSA) is 53.4 Å². The Kier molecular flexibility index (Phi) is 5.23. The van der Waals surface area contributed by atoms with Crippen LogP contribution in [0.3, 0.4) is 0 Å². The van der Waals surface area contributed by atoms with E-state index in [4.69, 9.17) is 5.11 Å². The molecule has 21 heavy (non-hydrogen) atoms. The molecule has 0 amide bonds. The number of hydrogen-bond acceptors (Lipinski definition) is 3. The maximum atomic E-state index is 10.5. The summed E-state index contributed by atoms with van der Waals surface area (Å²) in [5.74, 6) is -0.935. The first kappa shape index (κ1) is 14.9. The molecule has 4 nitrogen and oxygen atoms in total. The normalized spacial score (nSPS) is 11.1. The van der Waals surface area contributed by atoms with Crippen molar-refractivity contribution in [2.75, 3.05) is 7.05 Å². The number of hydrogen-bond donors (Lipinski definition) is 1. The molecule has 0 fully saturated rings. The maximum Gasteiger partial charge on any atom is 0.328 e. The largest absolute Gasteiger partial charge is 0.478 e. The lowest BCUT2D eigenvalue weighted by atomic mass is 10.1. The Morgan fingerprint density at radius 1 is 1.19 bits per heavy atom. The van der Waals surface area contributed by atoms with E-state index in [-0.39, 0.29) is 0 Å². The van der Waals surface area contributed by atoms with Gasteiger partial charge in [-0.25, -0.2) is 4.79 Å². The first-order valence-electron chi connectivity index (χ1n) is 6.71. The molecule has 108 valence electrons. The Bertz CT molecular complexity index is 606. The van der Waals surface area contributed by atoms with Gasteiger partial charge in [0.2, 0.25) is 0 Å². The Hall–Kier alpha value is -2.46. The number of rotatable bonds is 6. The molecule has 0 aliphatic rings. The number of carboxylic acids is 1. The molecule has 1 aromatic carbocycles. The summed E-state index contributed by atoms with van der Waals surface area (Å²) < 4.78 is 0. The molecule has 0 radical (unpaired) electrons. The average Bonchev–Trinajstić information content (AvgIpc) is 2.47. The predicted molar refractivity (Wildman–Crippen MR) is 82.5 cm³/mol. The van der Waals surface area contributed by atoms with Gasteiger partial charge in [0.1, 0.15) is 0 Å². The van der Waals surface area contributed by atoms with Crippen molar-refractivity contribution < 1.29 is 9.90 Å². The molecule has 1 aromatic heterocycles. The zero-order chi connectivity index (χ0) is 15.1. The summed E-state index contributed by atoms with van der Waals surface area (Å²) in [6.45, 7) is 1.67. The van der Waals surface area contributed by atoms with E-state index in [1.165, 1.54) is 11.1 Å². The van der Waals surface area contributed by atoms with Gasteiger partial charge >= 0.3 is 5.97 Å². The van der Waals surface area contributed by atoms with Crippen LogP contribution >= 0.6 is 0 Å². The lowest BCUT2D eigenvalue weighted by Crippen LogP contribution is -2.17. The minimum Gasteiger partial charge on any atom is -0.478 e. The lowest BCUT2D eigenvalue weighted by molar-refractivity contribution is -0.131. The number of benzene rings is 1. The van der Waals surface area contributed by atoms with E-state index < -0.39 is 5.97 Å². The molecule has 0 spiro atoms. The molecule has 0 aliphatic carbocycles. The van der Waals surface area contributed by atoms with E-state index in [1.807, 2.05) is 36.5 Å². The standard InChI is InChI=1S/C17H18N2O2/c1-19(13-16-3-2-10-18-11-16)12-15-6-4-14(5-7-15)8-9-17(20)21/h2-11H,12-13H2,1H3,(H,20,21). The van der Waals surface area contributed by atoms with Crippen LogP contribution in [0, 0.1) is 0 Å². The fraction of sp³-hybridized carbons (Fsp3) is 0.176. The monoisotopic (exact) mass is 282 g/mol. The van der Waals surface area contributed by atoms with Crippen LogP contribution in [0.25, 0.3) is 6.08 Å². The van der Waals surface area contributed by atoms with Gasteiger partial charge < -0.3 is 5.11 Å². The zero-order valence-electron chi connectivity index (χ0n) is 11.9. The Labute approximate surface area is 124 Å². The number of carboxylic acid groups (broad SMARTS) is 1. The van der Waals surface area contributed by atoms with Crippen molar-refractivity contribution in [2.24, 2.45) is 0 Å². The third-order valence-corrected chi connectivity index (χ3v) is 3.03. The fourth-order valence-corrected chi connectivity index (χ4v) is 2.07. The average molecular weight is 282 g/mol. The second-order valence-electron chi connectivity index (χ2n) is 4.95. The van der Waals surface area contributed by atoms with Crippen molar-refractivity contribution in [3.05, 3.63) is 71.6 Å². The Balaban J connectivity index is 1.92. The molecule has 2 aromatic rings. The molecule has 0 bridgehead atoms. The van der Waals surface area contributed by atoms with Crippen molar-refractivity contribution in [3.63, 3.8) is 0 Å². The van der Waals surface area contributed by atoms with Crippen molar-refractivity contribution in [1.29, 1.82) is 0 Å². The molecule has 1 N–H and O–H groups in total. The number of carbonyl (C=O) groups is 1. The molecular weight excluding hydrogens is 264 g/mol. The first-order valence-corrected chi connectivity index (χ1v) is 6.71. The summed E-state index contributed by atoms with van der Waals surface area (Å²) in [7, 11) is 2.06. The van der Waals surface area contributed by atoms with E-state index in [9.17, 15) is 4.79 Å². The summed E-state index contributed by atoms with van der Waals surface area (Å²) >= 11 is 0. The van der Waals surface area contributed by atoms with Crippen LogP contribution in [-0.4, -0.2) is 28.0 Å². The van der Waals surface area contributed by atoms with E-state index in [0.29, 0.717) is 0 Å². The highest BCUT2D eigenvalue weighted by molar-refractivity contribution is 5.85. The SMILES string of the molecule is CN(Cc1ccc(C=CC(=O)O)cc1)Cc1cccnc1. The van der Waals surface area contributed by atoms with Crippen LogP contribution < -0.4 is 0 Å². The van der Waals surface area contributed by atoms with Crippen molar-refractivity contribution in [2.45, 2.75) is 13.1 Å². The van der Waals surface area contributed by atoms with Crippen LogP contribution in [0.2, 0.25) is 0 Å². The first-order chi connectivity index (χ1) is 10.1. The molecule has 0 saturated carbocycles. The van der Waals surface area contributed by atoms with Gasteiger partial charge in [0, 0.05) is 31.6 Å². The zero-order valence-corrected chi connectivity index (χ0v) is 11.9. The molecule has 0 aliphatic heterocycles. The van der Waals surface area contributed by atoms with Crippen molar-refractivity contribution >= 4 is 12.0 Å². The summed E-state index contributed by atoms with van der Waals surface area (Å²) in [6.07, 6.45) is 6.37. The maximum absolute atomic E-state index is 10.5. The van der Waals surface area contributed by atoms with Gasteiger partial charge in [-0.05, 0) is 35.9 Å². The van der Waals surface area contributed by atoms with E-state index in [2.05, 4.69) is 23.0 Å². The number of aromatic nitrogens is 1. The van der Waals surface area contributed by atoms with Crippen molar-refractivity contribution in [1.82, 2.24) is 9.88 Å². The Morgan fingerprint density at radius 3 is 2.52 bits per heavy atom. The van der Waals surface area contributed by atoms with Gasteiger partial charge in [-0.2, -0.15) is 0 Å². The third-order valence-electron chi connectivity index (χ3n) is 3.03. The third kappa shape index (κ3) is 5.20. The van der Waals surface area contributed by atoms with Gasteiger partial charge in [0.25, 0.3) is 0 Å². The van der Waals surface area contributed by atoms with E-state index >= 15 is 0 Å². The fourth-order valence-electron chi connectivity index (χ4n) is 2.07. The highest BCUT2D eigenvalue weighted by atomic mass is 16.4. The van der Waals surface area contributed by atoms with Gasteiger partial charge in [0.05, 0.1) is 0 Å². The van der Waals surface area contributed by atoms with Crippen molar-refractivity contribution in [3.8, 4) is 0 Å². The molecule has 0 unspecified atom stereocenters. The smallest absolute Gasteiger partial charge is 0.328 e. The Morgan fingerprint density at radius 2 is 1.90 bits per heavy atom. The highest BCUT2D eigenvalue weighted by Crippen LogP contribution is 2.10. The summed E-state index contributed by atoms with van der Waals surface area (Å²) in [5.41, 5.74) is 3.26. The number of aliphatic carboxylic acids is 1. The van der Waals surface area contributed by atoms with Crippen LogP contribution in [-0.2, 0) is 17.9 Å². The molecule has 4 heteroatoms. The van der Waals surface area contributed by atoms with Gasteiger partial charge in [-0.3, -0.25) is 9.88 Å². The quantitative estimate of drug-likeness (QED) is 0.828. The van der Waals surface area contributed by atoms with Gasteiger partial charge in [0.15, 0.2) is 0 Å². The highest BCUT2D eigenvalue weighted by Gasteiger charge is 2.02. The summed E-state index contributed by atoms with van der Waals surface area (Å²) in [5, 5.41) is 8.59. The second kappa shape index (κ2) is 7.36. The minimum atomic E-state index is -0.935. The molecular formula is C17H18N2O2. The van der Waals surface area contributed by atoms with Crippen LogP contribution in [0.1, 0.15) is 16.7 Å². The van der Waals surface area contributed by atoms with Crippen LogP contribution in [0.15, 0.2) is 54.9 Å². The second-order valence-corrected chi connectivity index (χ2v) is 4.95.